The van der Waals surface area contributed by atoms with E-state index in [1.807, 2.05) is 36.5 Å². The van der Waals surface area contributed by atoms with Crippen LogP contribution < -0.4 is 5.32 Å². The summed E-state index contributed by atoms with van der Waals surface area (Å²) in [6, 6.07) is 16.5. The van der Waals surface area contributed by atoms with Gasteiger partial charge in [-0.3, -0.25) is 10.1 Å². The lowest BCUT2D eigenvalue weighted by Gasteiger charge is -2.20. The minimum absolute atomic E-state index is 0.0654. The molecule has 5 rings (SSSR count). The molecule has 1 N–H and O–H groups in total. The van der Waals surface area contributed by atoms with Gasteiger partial charge in [0, 0.05) is 22.4 Å². The van der Waals surface area contributed by atoms with E-state index in [1.165, 1.54) is 11.3 Å². The smallest absolute Gasteiger partial charge is 0.257 e. The number of alkyl halides is 2. The van der Waals surface area contributed by atoms with E-state index in [1.54, 1.807) is 22.9 Å². The fraction of sp³-hybridized carbons (Fsp3) is 0.296. The Hall–Kier alpha value is -3.97. The first-order valence-corrected chi connectivity index (χ1v) is 12.9. The largest absolute Gasteiger partial charge is 0.298 e. The van der Waals surface area contributed by atoms with Crippen LogP contribution >= 0.6 is 11.3 Å². The molecule has 4 aromatic rings. The molecule has 1 atom stereocenters. The summed E-state index contributed by atoms with van der Waals surface area (Å²) in [6.45, 7) is 0.440. The Morgan fingerprint density at radius 3 is 2.86 bits per heavy atom. The minimum atomic E-state index is -2.26. The summed E-state index contributed by atoms with van der Waals surface area (Å²) in [6.07, 6.45) is 2.37. The molecule has 7 nitrogen and oxygen atoms in total. The van der Waals surface area contributed by atoms with Crippen LogP contribution in [0.5, 0.6) is 0 Å². The average molecular weight is 519 g/mol. The number of nitrogens with zero attached hydrogens (tertiary/aromatic N) is 5. The van der Waals surface area contributed by atoms with Gasteiger partial charge in [0.25, 0.3) is 5.91 Å². The van der Waals surface area contributed by atoms with E-state index in [2.05, 4.69) is 26.7 Å². The first-order valence-electron chi connectivity index (χ1n) is 12.0. The molecule has 2 aromatic heterocycles. The zero-order chi connectivity index (χ0) is 25.8. The van der Waals surface area contributed by atoms with Gasteiger partial charge in [-0.1, -0.05) is 29.5 Å². The molecule has 1 aliphatic carbocycles. The number of halogens is 2. The highest BCUT2D eigenvalue weighted by molar-refractivity contribution is 7.15. The molecule has 0 fully saturated rings. The summed E-state index contributed by atoms with van der Waals surface area (Å²) in [5.74, 6) is -0.00421. The highest BCUT2D eigenvalue weighted by Crippen LogP contribution is 2.34. The molecule has 2 aromatic carbocycles. The molecular weight excluding hydrogens is 494 g/mol. The number of carbonyl (C=O) groups excluding carboxylic acids is 1. The van der Waals surface area contributed by atoms with Gasteiger partial charge in [-0.05, 0) is 61.4 Å². The molecule has 0 saturated carbocycles. The van der Waals surface area contributed by atoms with Crippen LogP contribution in [0.2, 0.25) is 0 Å². The Morgan fingerprint density at radius 2 is 2.08 bits per heavy atom. The van der Waals surface area contributed by atoms with Gasteiger partial charge < -0.3 is 0 Å². The molecule has 1 unspecified atom stereocenters. The summed E-state index contributed by atoms with van der Waals surface area (Å²) in [7, 11) is 0. The number of nitriles is 1. The van der Waals surface area contributed by atoms with Gasteiger partial charge in [0.2, 0.25) is 6.43 Å². The van der Waals surface area contributed by atoms with Gasteiger partial charge in [-0.25, -0.2) is 18.4 Å². The lowest BCUT2D eigenvalue weighted by Crippen LogP contribution is -2.14. The molecule has 1 amide bonds. The number of amides is 1. The average Bonchev–Trinajstić information content (AvgIpc) is 3.54. The van der Waals surface area contributed by atoms with Gasteiger partial charge in [0.1, 0.15) is 5.69 Å². The molecule has 0 saturated heterocycles. The van der Waals surface area contributed by atoms with E-state index in [0.29, 0.717) is 34.9 Å². The zero-order valence-electron chi connectivity index (χ0n) is 19.9. The predicted octanol–water partition coefficient (Wildman–Crippen LogP) is 5.72. The highest BCUT2D eigenvalue weighted by atomic mass is 32.1. The number of anilines is 1. The van der Waals surface area contributed by atoms with Crippen LogP contribution in [0, 0.1) is 17.2 Å². The number of nitrogens with one attached hydrogen (secondary N) is 1. The standard InChI is InChI=1S/C27H24F2N6OS/c28-25(29)11-7-17-6-10-22-24(13-17)37-27(31-22)32-26(36)21-3-1-2-19(12-21)15-35-16-23(33-34-35)20-8-4-18(14-30)5-9-20/h1-5,8-9,12,16-17,25H,6-7,10-11,13,15H2,(H,31,32,36). The maximum atomic E-state index is 12.9. The van der Waals surface area contributed by atoms with Crippen molar-refractivity contribution in [2.24, 2.45) is 5.92 Å². The number of hydrogen-bond donors (Lipinski definition) is 1. The van der Waals surface area contributed by atoms with Crippen molar-refractivity contribution >= 4 is 22.4 Å². The summed E-state index contributed by atoms with van der Waals surface area (Å²) in [5, 5.41) is 20.8. The number of benzene rings is 2. The predicted molar refractivity (Wildman–Crippen MR) is 137 cm³/mol. The summed E-state index contributed by atoms with van der Waals surface area (Å²) >= 11 is 1.44. The topological polar surface area (TPSA) is 96.5 Å². The number of thiazole rings is 1. The van der Waals surface area contributed by atoms with Gasteiger partial charge >= 0.3 is 0 Å². The highest BCUT2D eigenvalue weighted by Gasteiger charge is 2.24. The zero-order valence-corrected chi connectivity index (χ0v) is 20.7. The van der Waals surface area contributed by atoms with Crippen molar-refractivity contribution in [2.45, 2.75) is 45.1 Å². The van der Waals surface area contributed by atoms with Crippen molar-refractivity contribution in [1.82, 2.24) is 20.0 Å². The summed E-state index contributed by atoms with van der Waals surface area (Å²) in [5.41, 5.74) is 4.51. The molecular formula is C27H24F2N6OS. The van der Waals surface area contributed by atoms with Crippen LogP contribution in [0.25, 0.3) is 11.3 Å². The number of fused-ring (bicyclic) bond motifs is 1. The van der Waals surface area contributed by atoms with Crippen LogP contribution in [-0.2, 0) is 19.4 Å². The Kier molecular flexibility index (Phi) is 7.32. The molecule has 37 heavy (non-hydrogen) atoms. The second-order valence-corrected chi connectivity index (χ2v) is 10.2. The SMILES string of the molecule is N#Cc1ccc(-c2cn(Cc3cccc(C(=O)Nc4nc5c(s4)CC(CCC(F)F)CC5)c3)nn2)cc1. The van der Waals surface area contributed by atoms with E-state index in [0.717, 1.165) is 41.0 Å². The Balaban J connectivity index is 1.22. The maximum absolute atomic E-state index is 12.9. The van der Waals surface area contributed by atoms with Crippen LogP contribution in [-0.4, -0.2) is 32.3 Å². The quantitative estimate of drug-likeness (QED) is 0.322. The van der Waals surface area contributed by atoms with Crippen molar-refractivity contribution < 1.29 is 13.6 Å². The van der Waals surface area contributed by atoms with Gasteiger partial charge in [0.15, 0.2) is 5.13 Å². The van der Waals surface area contributed by atoms with E-state index >= 15 is 0 Å². The van der Waals surface area contributed by atoms with E-state index in [-0.39, 0.29) is 18.2 Å². The lowest BCUT2D eigenvalue weighted by molar-refractivity contribution is 0.102. The van der Waals surface area contributed by atoms with E-state index in [9.17, 15) is 13.6 Å². The third kappa shape index (κ3) is 6.06. The Labute approximate surface area is 216 Å². The van der Waals surface area contributed by atoms with Crippen LogP contribution in [0.4, 0.5) is 13.9 Å². The Morgan fingerprint density at radius 1 is 1.24 bits per heavy atom. The van der Waals surface area contributed by atoms with Gasteiger partial charge in [0.05, 0.1) is 30.1 Å². The number of carbonyl (C=O) groups is 1. The molecule has 1 aliphatic rings. The van der Waals surface area contributed by atoms with Gasteiger partial charge in [-0.2, -0.15) is 5.26 Å². The molecule has 10 heteroatoms. The fourth-order valence-electron chi connectivity index (χ4n) is 4.50. The molecule has 0 aliphatic heterocycles. The first kappa shape index (κ1) is 24.7. The lowest BCUT2D eigenvalue weighted by atomic mass is 9.88. The number of rotatable bonds is 8. The number of aromatic nitrogens is 4. The normalized spacial score (nSPS) is 14.8. The fourth-order valence-corrected chi connectivity index (χ4v) is 5.61. The molecule has 188 valence electrons. The molecule has 0 spiro atoms. The van der Waals surface area contributed by atoms with Crippen LogP contribution in [0.3, 0.4) is 0 Å². The Bertz CT molecular complexity index is 1440. The van der Waals surface area contributed by atoms with Crippen molar-refractivity contribution in [2.75, 3.05) is 5.32 Å². The van der Waals surface area contributed by atoms with E-state index < -0.39 is 6.43 Å². The molecule has 0 bridgehead atoms. The van der Waals surface area contributed by atoms with Crippen LogP contribution in [0.15, 0.2) is 54.7 Å². The first-order chi connectivity index (χ1) is 18.0. The summed E-state index contributed by atoms with van der Waals surface area (Å²) in [4.78, 5) is 18.6. The third-order valence-corrected chi connectivity index (χ3v) is 7.47. The maximum Gasteiger partial charge on any atom is 0.257 e. The van der Waals surface area contributed by atoms with Crippen molar-refractivity contribution in [3.05, 3.63) is 82.0 Å². The van der Waals surface area contributed by atoms with Crippen molar-refractivity contribution in [3.8, 4) is 17.3 Å². The second-order valence-electron chi connectivity index (χ2n) is 9.11. The second kappa shape index (κ2) is 11.0. The number of aryl methyl sites for hydroxylation is 1. The van der Waals surface area contributed by atoms with Crippen molar-refractivity contribution in [3.63, 3.8) is 0 Å². The van der Waals surface area contributed by atoms with Crippen molar-refractivity contribution in [1.29, 1.82) is 5.26 Å². The molecule has 2 heterocycles. The minimum Gasteiger partial charge on any atom is -0.298 e. The number of hydrogen-bond acceptors (Lipinski definition) is 6. The van der Waals surface area contributed by atoms with Crippen LogP contribution in [0.1, 0.15) is 51.3 Å². The van der Waals surface area contributed by atoms with E-state index in [4.69, 9.17) is 5.26 Å². The third-order valence-electron chi connectivity index (χ3n) is 6.44. The monoisotopic (exact) mass is 518 g/mol. The summed E-state index contributed by atoms with van der Waals surface area (Å²) < 4.78 is 26.8. The van der Waals surface area contributed by atoms with Gasteiger partial charge in [-0.15, -0.1) is 16.4 Å². The molecule has 0 radical (unpaired) electrons.